The summed E-state index contributed by atoms with van der Waals surface area (Å²) < 4.78 is 0. The standard InChI is InChI=1S/C15H24ClN/c1-4-6-7-12(3)15(17-5-2)13-8-10-14(16)11-9-13/h8-12,15,17H,4-7H2,1-3H3. The third-order valence-corrected chi connectivity index (χ3v) is 3.49. The van der Waals surface area contributed by atoms with E-state index in [-0.39, 0.29) is 0 Å². The van der Waals surface area contributed by atoms with Crippen LogP contribution < -0.4 is 5.32 Å². The number of halogens is 1. The highest BCUT2D eigenvalue weighted by Crippen LogP contribution is 2.26. The van der Waals surface area contributed by atoms with Crippen LogP contribution in [0.3, 0.4) is 0 Å². The highest BCUT2D eigenvalue weighted by atomic mass is 35.5. The summed E-state index contributed by atoms with van der Waals surface area (Å²) >= 11 is 5.94. The van der Waals surface area contributed by atoms with E-state index in [4.69, 9.17) is 11.6 Å². The molecule has 96 valence electrons. The third kappa shape index (κ3) is 4.69. The summed E-state index contributed by atoms with van der Waals surface area (Å²) in [7, 11) is 0. The number of hydrogen-bond donors (Lipinski definition) is 1. The highest BCUT2D eigenvalue weighted by molar-refractivity contribution is 6.30. The Bertz CT molecular complexity index is 307. The minimum absolute atomic E-state index is 0.448. The van der Waals surface area contributed by atoms with Crippen molar-refractivity contribution in [3.8, 4) is 0 Å². The average Bonchev–Trinajstić information content (AvgIpc) is 2.34. The third-order valence-electron chi connectivity index (χ3n) is 3.24. The van der Waals surface area contributed by atoms with Crippen LogP contribution in [0.1, 0.15) is 51.6 Å². The Morgan fingerprint density at radius 3 is 2.35 bits per heavy atom. The Morgan fingerprint density at radius 1 is 1.18 bits per heavy atom. The maximum Gasteiger partial charge on any atom is 0.0406 e. The van der Waals surface area contributed by atoms with Gasteiger partial charge in [-0.1, -0.05) is 57.3 Å². The molecular weight excluding hydrogens is 230 g/mol. The summed E-state index contributed by atoms with van der Waals surface area (Å²) in [6.07, 6.45) is 3.84. The molecule has 17 heavy (non-hydrogen) atoms. The molecule has 0 aliphatic rings. The molecule has 0 bridgehead atoms. The topological polar surface area (TPSA) is 12.0 Å². The maximum atomic E-state index is 5.94. The van der Waals surface area contributed by atoms with Gasteiger partial charge in [-0.05, 0) is 36.6 Å². The molecule has 2 unspecified atom stereocenters. The Morgan fingerprint density at radius 2 is 1.82 bits per heavy atom. The number of nitrogens with one attached hydrogen (secondary N) is 1. The fourth-order valence-electron chi connectivity index (χ4n) is 2.23. The molecule has 1 rings (SSSR count). The average molecular weight is 254 g/mol. The Labute approximate surface area is 111 Å². The number of hydrogen-bond acceptors (Lipinski definition) is 1. The van der Waals surface area contributed by atoms with Gasteiger partial charge in [-0.25, -0.2) is 0 Å². The van der Waals surface area contributed by atoms with Crippen LogP contribution in [0.2, 0.25) is 5.02 Å². The normalized spacial score (nSPS) is 14.6. The van der Waals surface area contributed by atoms with E-state index < -0.39 is 0 Å². The van der Waals surface area contributed by atoms with Gasteiger partial charge >= 0.3 is 0 Å². The van der Waals surface area contributed by atoms with E-state index in [0.717, 1.165) is 11.6 Å². The van der Waals surface area contributed by atoms with Crippen molar-refractivity contribution in [2.45, 2.75) is 46.1 Å². The quantitative estimate of drug-likeness (QED) is 0.735. The summed E-state index contributed by atoms with van der Waals surface area (Å²) in [5.74, 6) is 0.663. The van der Waals surface area contributed by atoms with Crippen LogP contribution >= 0.6 is 11.6 Å². The zero-order valence-electron chi connectivity index (χ0n) is 11.2. The summed E-state index contributed by atoms with van der Waals surface area (Å²) in [6.45, 7) is 7.74. The lowest BCUT2D eigenvalue weighted by Crippen LogP contribution is -2.26. The van der Waals surface area contributed by atoms with E-state index in [0.29, 0.717) is 12.0 Å². The molecule has 0 aromatic heterocycles. The first-order valence-electron chi connectivity index (χ1n) is 6.67. The predicted octanol–water partition coefficient (Wildman–Crippen LogP) is 4.82. The number of rotatable bonds is 7. The number of benzene rings is 1. The van der Waals surface area contributed by atoms with Crippen LogP contribution in [-0.4, -0.2) is 6.54 Å². The van der Waals surface area contributed by atoms with Crippen molar-refractivity contribution < 1.29 is 0 Å². The van der Waals surface area contributed by atoms with Gasteiger partial charge in [0.05, 0.1) is 0 Å². The van der Waals surface area contributed by atoms with E-state index in [2.05, 4.69) is 38.2 Å². The molecule has 0 saturated heterocycles. The van der Waals surface area contributed by atoms with Crippen molar-refractivity contribution in [2.24, 2.45) is 5.92 Å². The Hall–Kier alpha value is -0.530. The number of unbranched alkanes of at least 4 members (excludes halogenated alkanes) is 1. The first-order chi connectivity index (χ1) is 8.19. The van der Waals surface area contributed by atoms with E-state index in [1.165, 1.54) is 24.8 Å². The van der Waals surface area contributed by atoms with Gasteiger partial charge in [-0.15, -0.1) is 0 Å². The second kappa shape index (κ2) is 7.73. The van der Waals surface area contributed by atoms with Crippen LogP contribution in [0, 0.1) is 5.92 Å². The maximum absolute atomic E-state index is 5.94. The molecule has 0 aliphatic carbocycles. The predicted molar refractivity (Wildman–Crippen MR) is 76.6 cm³/mol. The molecule has 0 aliphatic heterocycles. The molecule has 1 N–H and O–H groups in total. The Balaban J connectivity index is 2.73. The molecule has 0 heterocycles. The lowest BCUT2D eigenvalue weighted by Gasteiger charge is -2.25. The second-order valence-corrected chi connectivity index (χ2v) is 5.14. The first kappa shape index (κ1) is 14.5. The molecule has 0 amide bonds. The summed E-state index contributed by atoms with van der Waals surface area (Å²) in [6, 6.07) is 8.68. The zero-order valence-corrected chi connectivity index (χ0v) is 11.9. The zero-order chi connectivity index (χ0) is 12.7. The fraction of sp³-hybridized carbons (Fsp3) is 0.600. The van der Waals surface area contributed by atoms with Crippen LogP contribution in [0.4, 0.5) is 0 Å². The lowest BCUT2D eigenvalue weighted by molar-refractivity contribution is 0.363. The van der Waals surface area contributed by atoms with Crippen molar-refractivity contribution in [3.05, 3.63) is 34.9 Å². The van der Waals surface area contributed by atoms with Gasteiger partial charge in [-0.3, -0.25) is 0 Å². The van der Waals surface area contributed by atoms with Crippen molar-refractivity contribution in [1.29, 1.82) is 0 Å². The minimum Gasteiger partial charge on any atom is -0.310 e. The first-order valence-corrected chi connectivity index (χ1v) is 7.05. The van der Waals surface area contributed by atoms with E-state index in [1.807, 2.05) is 12.1 Å². The largest absolute Gasteiger partial charge is 0.310 e. The fourth-order valence-corrected chi connectivity index (χ4v) is 2.36. The monoisotopic (exact) mass is 253 g/mol. The van der Waals surface area contributed by atoms with Crippen LogP contribution in [0.15, 0.2) is 24.3 Å². The summed E-state index contributed by atoms with van der Waals surface area (Å²) in [4.78, 5) is 0. The van der Waals surface area contributed by atoms with Gasteiger partial charge < -0.3 is 5.32 Å². The molecule has 0 saturated carbocycles. The van der Waals surface area contributed by atoms with Crippen molar-refractivity contribution >= 4 is 11.6 Å². The van der Waals surface area contributed by atoms with Crippen LogP contribution in [-0.2, 0) is 0 Å². The lowest BCUT2D eigenvalue weighted by atomic mass is 9.90. The van der Waals surface area contributed by atoms with Crippen molar-refractivity contribution in [3.63, 3.8) is 0 Å². The van der Waals surface area contributed by atoms with Gasteiger partial charge in [0.25, 0.3) is 0 Å². The smallest absolute Gasteiger partial charge is 0.0406 e. The van der Waals surface area contributed by atoms with Crippen molar-refractivity contribution in [1.82, 2.24) is 5.32 Å². The summed E-state index contributed by atoms with van der Waals surface area (Å²) in [5, 5.41) is 4.39. The Kier molecular flexibility index (Phi) is 6.61. The molecule has 1 aromatic carbocycles. The molecule has 1 nitrogen and oxygen atoms in total. The van der Waals surface area contributed by atoms with E-state index in [9.17, 15) is 0 Å². The van der Waals surface area contributed by atoms with Crippen molar-refractivity contribution in [2.75, 3.05) is 6.54 Å². The molecule has 2 atom stereocenters. The van der Waals surface area contributed by atoms with Gasteiger partial charge in [0.15, 0.2) is 0 Å². The molecule has 1 aromatic rings. The van der Waals surface area contributed by atoms with Gasteiger partial charge in [0.1, 0.15) is 0 Å². The minimum atomic E-state index is 0.448. The molecule has 2 heteroatoms. The van der Waals surface area contributed by atoms with Gasteiger partial charge in [0, 0.05) is 11.1 Å². The summed E-state index contributed by atoms with van der Waals surface area (Å²) in [5.41, 5.74) is 1.35. The second-order valence-electron chi connectivity index (χ2n) is 4.71. The van der Waals surface area contributed by atoms with Crippen LogP contribution in [0.5, 0.6) is 0 Å². The van der Waals surface area contributed by atoms with Gasteiger partial charge in [0.2, 0.25) is 0 Å². The van der Waals surface area contributed by atoms with Gasteiger partial charge in [-0.2, -0.15) is 0 Å². The molecular formula is C15H24ClN. The highest BCUT2D eigenvalue weighted by Gasteiger charge is 2.17. The van der Waals surface area contributed by atoms with Crippen LogP contribution in [0.25, 0.3) is 0 Å². The molecule has 0 fully saturated rings. The molecule has 0 radical (unpaired) electrons. The molecule has 0 spiro atoms. The van der Waals surface area contributed by atoms with E-state index >= 15 is 0 Å². The van der Waals surface area contributed by atoms with E-state index in [1.54, 1.807) is 0 Å². The SMILES string of the molecule is CCCCC(C)C(NCC)c1ccc(Cl)cc1.